The van der Waals surface area contributed by atoms with Gasteiger partial charge in [-0.25, -0.2) is 15.1 Å². The van der Waals surface area contributed by atoms with Gasteiger partial charge in [0.05, 0.1) is 12.9 Å². The molecule has 0 amide bonds. The monoisotopic (exact) mass is 504 g/mol. The Morgan fingerprint density at radius 1 is 1.22 bits per heavy atom. The van der Waals surface area contributed by atoms with Crippen LogP contribution in [0.4, 0.5) is 5.82 Å². The molecule has 0 unspecified atom stereocenters. The van der Waals surface area contributed by atoms with Gasteiger partial charge in [-0.1, -0.05) is 29.3 Å². The third-order valence-corrected chi connectivity index (χ3v) is 5.96. The molecule has 0 saturated carbocycles. The first-order chi connectivity index (χ1) is 15.1. The number of anilines is 1. The number of ether oxygens (including phenoxy) is 1. The van der Waals surface area contributed by atoms with Gasteiger partial charge in [-0.05, 0) is 17.7 Å². The van der Waals surface area contributed by atoms with Crippen LogP contribution in [0.2, 0.25) is 10.0 Å². The molecule has 4 atom stereocenters. The molecule has 2 aromatic heterocycles. The molecule has 3 heterocycles. The summed E-state index contributed by atoms with van der Waals surface area (Å²) in [5, 5.41) is 29.6. The first kappa shape index (κ1) is 23.1. The minimum Gasteiger partial charge on any atom is -0.458 e. The molecule has 4 rings (SSSR count). The Labute approximate surface area is 192 Å². The zero-order valence-corrected chi connectivity index (χ0v) is 18.5. The zero-order valence-electron chi connectivity index (χ0n) is 16.2. The van der Waals surface area contributed by atoms with Crippen molar-refractivity contribution < 1.29 is 32.0 Å². The number of nitrogens with two attached hydrogens (primary N) is 1. The van der Waals surface area contributed by atoms with Crippen LogP contribution in [0.25, 0.3) is 11.1 Å². The van der Waals surface area contributed by atoms with Gasteiger partial charge in [-0.3, -0.25) is 4.18 Å². The highest BCUT2D eigenvalue weighted by Crippen LogP contribution is 2.38. The topological polar surface area (TPSA) is 170 Å². The number of nitrogens with one attached hydrogen (secondary N) is 1. The van der Waals surface area contributed by atoms with Gasteiger partial charge in [-0.15, -0.1) is 0 Å². The molecule has 3 aromatic rings. The van der Waals surface area contributed by atoms with E-state index in [-0.39, 0.29) is 0 Å². The standard InChI is InChI=1S/C18H18Cl2N4O7S/c19-9-2-1-8(11(20)3-9)4-22-18-17-13(23-7-24-18)10(5-29-17)16-15(26)14(25)12(31-16)6-30-32(21,27)28/h1-3,5,7,12,14-16,25-26H,4,6H2,(H2,21,27,28)(H,22,23,24)/t12-,14-,15-,16+/m1/s1. The summed E-state index contributed by atoms with van der Waals surface area (Å²) in [6.07, 6.45) is -2.36. The molecule has 14 heteroatoms. The number of benzene rings is 1. The number of nitrogens with zero attached hydrogens (tertiary/aromatic N) is 2. The summed E-state index contributed by atoms with van der Waals surface area (Å²) >= 11 is 12.1. The lowest BCUT2D eigenvalue weighted by Crippen LogP contribution is -2.34. The van der Waals surface area contributed by atoms with E-state index in [1.807, 2.05) is 0 Å². The highest BCUT2D eigenvalue weighted by molar-refractivity contribution is 7.84. The number of fused-ring (bicyclic) bond motifs is 1. The van der Waals surface area contributed by atoms with Crippen LogP contribution in [0.5, 0.6) is 0 Å². The molecular weight excluding hydrogens is 487 g/mol. The molecule has 1 aromatic carbocycles. The van der Waals surface area contributed by atoms with E-state index in [2.05, 4.69) is 19.5 Å². The van der Waals surface area contributed by atoms with Crippen molar-refractivity contribution in [2.45, 2.75) is 31.0 Å². The molecule has 11 nitrogen and oxygen atoms in total. The number of aliphatic hydroxyl groups is 2. The van der Waals surface area contributed by atoms with Gasteiger partial charge >= 0.3 is 10.3 Å². The predicted octanol–water partition coefficient (Wildman–Crippen LogP) is 1.52. The van der Waals surface area contributed by atoms with Crippen LogP contribution in [0.15, 0.2) is 35.2 Å². The number of halogens is 2. The van der Waals surface area contributed by atoms with E-state index in [1.165, 1.54) is 12.6 Å². The highest BCUT2D eigenvalue weighted by atomic mass is 35.5. The van der Waals surface area contributed by atoms with E-state index in [1.54, 1.807) is 18.2 Å². The van der Waals surface area contributed by atoms with Gasteiger partial charge in [0.2, 0.25) is 0 Å². The van der Waals surface area contributed by atoms with Gasteiger partial charge in [0, 0.05) is 22.2 Å². The Hall–Kier alpha value is -2.03. The summed E-state index contributed by atoms with van der Waals surface area (Å²) in [5.74, 6) is 0.370. The van der Waals surface area contributed by atoms with Crippen molar-refractivity contribution in [1.82, 2.24) is 9.97 Å². The van der Waals surface area contributed by atoms with Gasteiger partial charge < -0.3 is 24.7 Å². The second-order valence-corrected chi connectivity index (χ2v) is 9.10. The van der Waals surface area contributed by atoms with E-state index in [4.69, 9.17) is 37.5 Å². The Kier molecular flexibility index (Phi) is 6.56. The maximum Gasteiger partial charge on any atom is 0.333 e. The number of rotatable bonds is 7. The Bertz CT molecular complexity index is 1240. The van der Waals surface area contributed by atoms with Crippen molar-refractivity contribution in [3.05, 3.63) is 52.0 Å². The van der Waals surface area contributed by atoms with Gasteiger partial charge in [-0.2, -0.15) is 8.42 Å². The fourth-order valence-corrected chi connectivity index (χ4v) is 4.15. The molecular formula is C18H18Cl2N4O7S. The van der Waals surface area contributed by atoms with Gasteiger partial charge in [0.1, 0.15) is 36.3 Å². The van der Waals surface area contributed by atoms with E-state index in [0.717, 1.165) is 5.56 Å². The summed E-state index contributed by atoms with van der Waals surface area (Å²) in [5.41, 5.74) is 1.76. The number of aromatic nitrogens is 2. The number of aliphatic hydroxyl groups excluding tert-OH is 2. The van der Waals surface area contributed by atoms with Crippen molar-refractivity contribution in [1.29, 1.82) is 0 Å². The lowest BCUT2D eigenvalue weighted by atomic mass is 10.0. The first-order valence-electron chi connectivity index (χ1n) is 9.22. The average Bonchev–Trinajstić information content (AvgIpc) is 3.27. The summed E-state index contributed by atoms with van der Waals surface area (Å²) in [6.45, 7) is -0.237. The summed E-state index contributed by atoms with van der Waals surface area (Å²) < 4.78 is 37.7. The number of furan rings is 1. The van der Waals surface area contributed by atoms with Crippen molar-refractivity contribution in [3.63, 3.8) is 0 Å². The van der Waals surface area contributed by atoms with E-state index in [0.29, 0.717) is 39.1 Å². The molecule has 0 radical (unpaired) electrons. The smallest absolute Gasteiger partial charge is 0.333 e. The molecule has 0 spiro atoms. The molecule has 1 saturated heterocycles. The second-order valence-electron chi connectivity index (χ2n) is 7.03. The second kappa shape index (κ2) is 9.08. The zero-order chi connectivity index (χ0) is 23.0. The Balaban J connectivity index is 1.55. The summed E-state index contributed by atoms with van der Waals surface area (Å²) in [6, 6.07) is 5.11. The SMILES string of the molecule is NS(=O)(=O)OC[C@H]1O[C@@H](c2coc3c(NCc4ccc(Cl)cc4Cl)ncnc23)[C@H](O)[C@@H]1O. The fraction of sp³-hybridized carbons (Fsp3) is 0.333. The van der Waals surface area contributed by atoms with Gasteiger partial charge in [0.15, 0.2) is 11.4 Å². The normalized spacial score (nSPS) is 23.7. The third kappa shape index (κ3) is 4.82. The van der Waals surface area contributed by atoms with Crippen molar-refractivity contribution in [3.8, 4) is 0 Å². The molecule has 1 aliphatic heterocycles. The van der Waals surface area contributed by atoms with Crippen LogP contribution in [0.1, 0.15) is 17.2 Å². The molecule has 32 heavy (non-hydrogen) atoms. The Morgan fingerprint density at radius 2 is 2.00 bits per heavy atom. The van der Waals surface area contributed by atoms with Crippen LogP contribution >= 0.6 is 23.2 Å². The van der Waals surface area contributed by atoms with Crippen LogP contribution in [0, 0.1) is 0 Å². The highest BCUT2D eigenvalue weighted by Gasteiger charge is 2.45. The number of hydrogen-bond acceptors (Lipinski definition) is 10. The van der Waals surface area contributed by atoms with E-state index in [9.17, 15) is 18.6 Å². The molecule has 5 N–H and O–H groups in total. The number of hydrogen-bond donors (Lipinski definition) is 4. The van der Waals surface area contributed by atoms with Crippen LogP contribution in [0.3, 0.4) is 0 Å². The maximum atomic E-state index is 11.0. The minimum atomic E-state index is -4.24. The molecule has 0 bridgehead atoms. The van der Waals surface area contributed by atoms with Crippen LogP contribution in [-0.2, 0) is 25.8 Å². The van der Waals surface area contributed by atoms with Crippen molar-refractivity contribution in [2.24, 2.45) is 5.14 Å². The predicted molar refractivity (Wildman–Crippen MR) is 114 cm³/mol. The van der Waals surface area contributed by atoms with E-state index < -0.39 is 41.3 Å². The maximum absolute atomic E-state index is 11.0. The lowest BCUT2D eigenvalue weighted by molar-refractivity contribution is -0.0155. The summed E-state index contributed by atoms with van der Waals surface area (Å²) in [7, 11) is -4.24. The lowest BCUT2D eigenvalue weighted by Gasteiger charge is -2.13. The third-order valence-electron chi connectivity index (χ3n) is 4.91. The van der Waals surface area contributed by atoms with Crippen LogP contribution < -0.4 is 10.5 Å². The quantitative estimate of drug-likeness (QED) is 0.369. The van der Waals surface area contributed by atoms with Crippen molar-refractivity contribution in [2.75, 3.05) is 11.9 Å². The fourth-order valence-electron chi connectivity index (χ4n) is 3.35. The summed E-state index contributed by atoms with van der Waals surface area (Å²) in [4.78, 5) is 8.37. The molecule has 0 aliphatic carbocycles. The average molecular weight is 505 g/mol. The molecule has 1 aliphatic rings. The largest absolute Gasteiger partial charge is 0.458 e. The molecule has 1 fully saturated rings. The minimum absolute atomic E-state index is 0.294. The van der Waals surface area contributed by atoms with Crippen LogP contribution in [-0.4, -0.2) is 53.5 Å². The van der Waals surface area contributed by atoms with E-state index >= 15 is 0 Å². The molecule has 172 valence electrons. The Morgan fingerprint density at radius 3 is 2.72 bits per heavy atom. The van der Waals surface area contributed by atoms with Crippen molar-refractivity contribution >= 4 is 50.4 Å². The van der Waals surface area contributed by atoms with Gasteiger partial charge in [0.25, 0.3) is 0 Å². The first-order valence-corrected chi connectivity index (χ1v) is 11.5.